The van der Waals surface area contributed by atoms with Gasteiger partial charge in [-0.05, 0) is 30.0 Å². The highest BCUT2D eigenvalue weighted by atomic mass is 16.2. The Hall–Kier alpha value is -2.08. The van der Waals surface area contributed by atoms with E-state index in [0.717, 1.165) is 16.6 Å². The van der Waals surface area contributed by atoms with E-state index in [-0.39, 0.29) is 23.1 Å². The van der Waals surface area contributed by atoms with Crippen molar-refractivity contribution in [2.75, 3.05) is 0 Å². The molecule has 1 amide bonds. The van der Waals surface area contributed by atoms with Crippen LogP contribution in [0.25, 0.3) is 11.0 Å². The lowest BCUT2D eigenvalue weighted by Gasteiger charge is -2.27. The van der Waals surface area contributed by atoms with Gasteiger partial charge in [0.25, 0.3) is 0 Å². The summed E-state index contributed by atoms with van der Waals surface area (Å²) in [5.74, 6) is -0.183. The van der Waals surface area contributed by atoms with E-state index in [4.69, 9.17) is 5.73 Å². The number of aromatic amines is 2. The summed E-state index contributed by atoms with van der Waals surface area (Å²) in [6.07, 6.45) is 0. The van der Waals surface area contributed by atoms with Crippen molar-refractivity contribution < 1.29 is 4.79 Å². The van der Waals surface area contributed by atoms with E-state index in [1.807, 2.05) is 45.9 Å². The van der Waals surface area contributed by atoms with Crippen molar-refractivity contribution in [3.63, 3.8) is 0 Å². The van der Waals surface area contributed by atoms with Crippen molar-refractivity contribution in [1.29, 1.82) is 0 Å². The zero-order chi connectivity index (χ0) is 15.8. The molecule has 0 bridgehead atoms. The maximum Gasteiger partial charge on any atom is 0.323 e. The summed E-state index contributed by atoms with van der Waals surface area (Å²) >= 11 is 0. The first kappa shape index (κ1) is 15.3. The topological polar surface area (TPSA) is 104 Å². The van der Waals surface area contributed by atoms with Crippen LogP contribution in [-0.4, -0.2) is 21.9 Å². The number of amides is 1. The molecule has 114 valence electrons. The third-order valence-electron chi connectivity index (χ3n) is 3.61. The Balaban J connectivity index is 2.16. The third-order valence-corrected chi connectivity index (χ3v) is 3.61. The summed E-state index contributed by atoms with van der Waals surface area (Å²) < 4.78 is 0. The monoisotopic (exact) mass is 290 g/mol. The van der Waals surface area contributed by atoms with Crippen molar-refractivity contribution in [1.82, 2.24) is 15.3 Å². The van der Waals surface area contributed by atoms with Gasteiger partial charge in [-0.15, -0.1) is 0 Å². The van der Waals surface area contributed by atoms with Gasteiger partial charge >= 0.3 is 5.69 Å². The molecule has 0 saturated carbocycles. The largest absolute Gasteiger partial charge is 0.348 e. The van der Waals surface area contributed by atoms with Crippen LogP contribution in [0.4, 0.5) is 0 Å². The second kappa shape index (κ2) is 5.37. The Bertz CT molecular complexity index is 708. The van der Waals surface area contributed by atoms with Crippen molar-refractivity contribution in [2.24, 2.45) is 11.1 Å². The number of hydrogen-bond donors (Lipinski definition) is 4. The Kier molecular flexibility index (Phi) is 3.91. The van der Waals surface area contributed by atoms with Crippen molar-refractivity contribution in [3.05, 3.63) is 34.2 Å². The van der Waals surface area contributed by atoms with E-state index >= 15 is 0 Å². The molecule has 2 aromatic rings. The van der Waals surface area contributed by atoms with Crippen LogP contribution in [0, 0.1) is 5.41 Å². The average molecular weight is 290 g/mol. The molecule has 5 N–H and O–H groups in total. The minimum atomic E-state index is -0.573. The van der Waals surface area contributed by atoms with Crippen LogP contribution in [0.1, 0.15) is 39.3 Å². The van der Waals surface area contributed by atoms with E-state index in [1.165, 1.54) is 0 Å². The maximum atomic E-state index is 12.1. The normalized spacial score (nSPS) is 14.9. The van der Waals surface area contributed by atoms with Gasteiger partial charge in [-0.25, -0.2) is 4.79 Å². The SMILES string of the molecule is CC(NC(=O)[C@H](N)C(C)(C)C)c1ccc2[nH]c(=O)[nH]c2c1. The first-order valence-corrected chi connectivity index (χ1v) is 6.96. The number of carbonyl (C=O) groups is 1. The highest BCUT2D eigenvalue weighted by Gasteiger charge is 2.28. The minimum absolute atomic E-state index is 0.183. The number of fused-ring (bicyclic) bond motifs is 1. The van der Waals surface area contributed by atoms with Crippen LogP contribution >= 0.6 is 0 Å². The molecule has 0 spiro atoms. The number of imidazole rings is 1. The first-order valence-electron chi connectivity index (χ1n) is 6.96. The van der Waals surface area contributed by atoms with Crippen LogP contribution in [0.3, 0.4) is 0 Å². The lowest BCUT2D eigenvalue weighted by atomic mass is 9.86. The van der Waals surface area contributed by atoms with Gasteiger partial charge in [0, 0.05) is 0 Å². The number of nitrogens with one attached hydrogen (secondary N) is 3. The number of carbonyl (C=O) groups excluding carboxylic acids is 1. The Morgan fingerprint density at radius 3 is 2.48 bits per heavy atom. The van der Waals surface area contributed by atoms with Gasteiger partial charge in [0.1, 0.15) is 0 Å². The van der Waals surface area contributed by atoms with Crippen LogP contribution in [0.5, 0.6) is 0 Å². The Morgan fingerprint density at radius 2 is 1.86 bits per heavy atom. The number of H-pyrrole nitrogens is 2. The molecule has 1 unspecified atom stereocenters. The van der Waals surface area contributed by atoms with Gasteiger partial charge in [-0.2, -0.15) is 0 Å². The standard InChI is InChI=1S/C15H22N4O2/c1-8(17-13(20)12(16)15(2,3)4)9-5-6-10-11(7-9)19-14(21)18-10/h5-8,12H,16H2,1-4H3,(H,17,20)(H2,18,19,21)/t8?,12-/m0/s1. The molecule has 1 heterocycles. The van der Waals surface area contributed by atoms with Crippen molar-refractivity contribution in [3.8, 4) is 0 Å². The molecule has 21 heavy (non-hydrogen) atoms. The molecule has 0 aliphatic carbocycles. The quantitative estimate of drug-likeness (QED) is 0.687. The van der Waals surface area contributed by atoms with E-state index in [0.29, 0.717) is 0 Å². The fourth-order valence-corrected chi connectivity index (χ4v) is 2.10. The Labute approximate surface area is 123 Å². The number of rotatable bonds is 3. The van der Waals surface area contributed by atoms with Crippen LogP contribution in [0.2, 0.25) is 0 Å². The smallest absolute Gasteiger partial charge is 0.323 e. The summed E-state index contributed by atoms with van der Waals surface area (Å²) in [5.41, 5.74) is 7.79. The van der Waals surface area contributed by atoms with E-state index in [1.54, 1.807) is 0 Å². The number of aromatic nitrogens is 2. The molecule has 0 saturated heterocycles. The van der Waals surface area contributed by atoms with E-state index < -0.39 is 6.04 Å². The zero-order valence-electron chi connectivity index (χ0n) is 12.8. The lowest BCUT2D eigenvalue weighted by molar-refractivity contribution is -0.125. The fraction of sp³-hybridized carbons (Fsp3) is 0.467. The number of nitrogens with two attached hydrogens (primary N) is 1. The highest BCUT2D eigenvalue weighted by molar-refractivity contribution is 5.83. The second-order valence-corrected chi connectivity index (χ2v) is 6.46. The average Bonchev–Trinajstić information content (AvgIpc) is 2.75. The summed E-state index contributed by atoms with van der Waals surface area (Å²) in [7, 11) is 0. The molecule has 6 nitrogen and oxygen atoms in total. The molecule has 1 aromatic heterocycles. The molecule has 1 aromatic carbocycles. The maximum absolute atomic E-state index is 12.1. The molecule has 6 heteroatoms. The molecular formula is C15H22N4O2. The van der Waals surface area contributed by atoms with Crippen LogP contribution in [-0.2, 0) is 4.79 Å². The highest BCUT2D eigenvalue weighted by Crippen LogP contribution is 2.20. The molecule has 0 radical (unpaired) electrons. The van der Waals surface area contributed by atoms with Crippen molar-refractivity contribution in [2.45, 2.75) is 39.8 Å². The van der Waals surface area contributed by atoms with Gasteiger partial charge < -0.3 is 21.0 Å². The summed E-state index contributed by atoms with van der Waals surface area (Å²) in [4.78, 5) is 28.8. The van der Waals surface area contributed by atoms with Gasteiger partial charge in [0.2, 0.25) is 5.91 Å². The van der Waals surface area contributed by atoms with Gasteiger partial charge in [-0.1, -0.05) is 26.8 Å². The number of benzene rings is 1. The summed E-state index contributed by atoms with van der Waals surface area (Å²) in [5, 5.41) is 2.91. The predicted molar refractivity (Wildman–Crippen MR) is 82.9 cm³/mol. The molecule has 0 aliphatic heterocycles. The Morgan fingerprint density at radius 1 is 1.24 bits per heavy atom. The molecular weight excluding hydrogens is 268 g/mol. The third kappa shape index (κ3) is 3.33. The second-order valence-electron chi connectivity index (χ2n) is 6.46. The summed E-state index contributed by atoms with van der Waals surface area (Å²) in [6, 6.07) is 4.78. The predicted octanol–water partition coefficient (Wildman–Crippen LogP) is 1.41. The lowest BCUT2D eigenvalue weighted by Crippen LogP contribution is -2.49. The van der Waals surface area contributed by atoms with Gasteiger partial charge in [-0.3, -0.25) is 4.79 Å². The molecule has 2 atom stereocenters. The van der Waals surface area contributed by atoms with E-state index in [9.17, 15) is 9.59 Å². The van der Waals surface area contributed by atoms with Crippen LogP contribution in [0.15, 0.2) is 23.0 Å². The zero-order valence-corrected chi connectivity index (χ0v) is 12.8. The van der Waals surface area contributed by atoms with Crippen molar-refractivity contribution >= 4 is 16.9 Å². The molecule has 2 rings (SSSR count). The molecule has 0 aliphatic rings. The fourth-order valence-electron chi connectivity index (χ4n) is 2.10. The molecule has 0 fully saturated rings. The van der Waals surface area contributed by atoms with Gasteiger partial charge in [0.15, 0.2) is 0 Å². The minimum Gasteiger partial charge on any atom is -0.348 e. The van der Waals surface area contributed by atoms with E-state index in [2.05, 4.69) is 15.3 Å². The van der Waals surface area contributed by atoms with Gasteiger partial charge in [0.05, 0.1) is 23.1 Å². The number of hydrogen-bond acceptors (Lipinski definition) is 3. The first-order chi connectivity index (χ1) is 9.68. The summed E-state index contributed by atoms with van der Waals surface area (Å²) in [6.45, 7) is 7.68. The van der Waals surface area contributed by atoms with Crippen LogP contribution < -0.4 is 16.7 Å².